The second-order valence-corrected chi connectivity index (χ2v) is 18.4. The Bertz CT molecular complexity index is 4230. The standard InChI is InChI=1S/C57H32N4S2/c1-2-16-36-31-48-46(29-35(36)15-1)52-39-19-6-4-14-34(39)27-28-47(52)61(48)49-32-37(30-45-41-21-8-10-26-51(41)63-54(45)49)55-58-56(43-23-11-17-33-13-3-5-18-38(33)43)60-57(59-55)44-24-12-22-42-40-20-7-9-25-50(40)62-53(42)44/h1-32H. The molecule has 292 valence electrons. The molecule has 14 rings (SSSR count). The molecule has 63 heavy (non-hydrogen) atoms. The second kappa shape index (κ2) is 13.4. The summed E-state index contributed by atoms with van der Waals surface area (Å²) in [6.07, 6.45) is 0. The number of nitrogens with zero attached hydrogens (tertiary/aromatic N) is 4. The molecule has 0 N–H and O–H groups in total. The van der Waals surface area contributed by atoms with E-state index in [2.05, 4.69) is 199 Å². The largest absolute Gasteiger partial charge is 0.308 e. The molecule has 10 aromatic carbocycles. The van der Waals surface area contributed by atoms with E-state index in [4.69, 9.17) is 15.0 Å². The summed E-state index contributed by atoms with van der Waals surface area (Å²) in [5.41, 5.74) is 6.35. The number of fused-ring (bicyclic) bond motifs is 13. The molecule has 0 aliphatic rings. The molecule has 4 aromatic heterocycles. The summed E-state index contributed by atoms with van der Waals surface area (Å²) in [7, 11) is 0. The van der Waals surface area contributed by atoms with E-state index in [0.29, 0.717) is 17.5 Å². The van der Waals surface area contributed by atoms with Gasteiger partial charge in [0.15, 0.2) is 17.5 Å². The van der Waals surface area contributed by atoms with Crippen LogP contribution in [0.4, 0.5) is 0 Å². The Labute approximate surface area is 368 Å². The first-order chi connectivity index (χ1) is 31.2. The molecule has 14 aromatic rings. The van der Waals surface area contributed by atoms with Crippen molar-refractivity contribution in [3.05, 3.63) is 194 Å². The topological polar surface area (TPSA) is 43.6 Å². The van der Waals surface area contributed by atoms with Crippen molar-refractivity contribution in [2.24, 2.45) is 0 Å². The van der Waals surface area contributed by atoms with E-state index >= 15 is 0 Å². The van der Waals surface area contributed by atoms with Gasteiger partial charge in [-0.2, -0.15) is 0 Å². The predicted molar refractivity (Wildman–Crippen MR) is 269 cm³/mol. The number of benzene rings is 10. The van der Waals surface area contributed by atoms with Gasteiger partial charge in [-0.15, -0.1) is 22.7 Å². The van der Waals surface area contributed by atoms with Gasteiger partial charge in [0, 0.05) is 63.1 Å². The molecule has 0 bridgehead atoms. The zero-order chi connectivity index (χ0) is 41.2. The molecule has 0 atom stereocenters. The fraction of sp³-hybridized carbons (Fsp3) is 0. The van der Waals surface area contributed by atoms with Crippen molar-refractivity contribution >= 4 is 117 Å². The maximum Gasteiger partial charge on any atom is 0.165 e. The van der Waals surface area contributed by atoms with E-state index < -0.39 is 0 Å². The summed E-state index contributed by atoms with van der Waals surface area (Å²) < 4.78 is 7.38. The summed E-state index contributed by atoms with van der Waals surface area (Å²) >= 11 is 3.64. The van der Waals surface area contributed by atoms with E-state index in [1.807, 2.05) is 11.3 Å². The highest BCUT2D eigenvalue weighted by molar-refractivity contribution is 7.26. The third-order valence-electron chi connectivity index (χ3n) is 12.8. The van der Waals surface area contributed by atoms with Gasteiger partial charge in [-0.3, -0.25) is 0 Å². The lowest BCUT2D eigenvalue weighted by atomic mass is 10.0. The Morgan fingerprint density at radius 2 is 0.889 bits per heavy atom. The zero-order valence-corrected chi connectivity index (χ0v) is 35.2. The van der Waals surface area contributed by atoms with Gasteiger partial charge < -0.3 is 4.57 Å². The minimum atomic E-state index is 0.635. The van der Waals surface area contributed by atoms with Crippen LogP contribution in [-0.2, 0) is 0 Å². The molecule has 0 aliphatic carbocycles. The van der Waals surface area contributed by atoms with Crippen LogP contribution in [0, 0.1) is 0 Å². The van der Waals surface area contributed by atoms with E-state index in [9.17, 15) is 0 Å². The monoisotopic (exact) mass is 836 g/mol. The van der Waals surface area contributed by atoms with Gasteiger partial charge in [0.25, 0.3) is 0 Å². The quantitative estimate of drug-likeness (QED) is 0.177. The fourth-order valence-corrected chi connectivity index (χ4v) is 12.3. The zero-order valence-electron chi connectivity index (χ0n) is 33.6. The van der Waals surface area contributed by atoms with Crippen LogP contribution in [0.15, 0.2) is 194 Å². The first kappa shape index (κ1) is 34.9. The van der Waals surface area contributed by atoms with E-state index in [-0.39, 0.29) is 0 Å². The molecule has 0 fully saturated rings. The third-order valence-corrected chi connectivity index (χ3v) is 15.2. The molecule has 0 aliphatic heterocycles. The summed E-state index contributed by atoms with van der Waals surface area (Å²) in [6.45, 7) is 0. The van der Waals surface area contributed by atoms with Crippen LogP contribution in [0.5, 0.6) is 0 Å². The van der Waals surface area contributed by atoms with Gasteiger partial charge in [0.05, 0.1) is 21.4 Å². The lowest BCUT2D eigenvalue weighted by Gasteiger charge is -2.14. The maximum atomic E-state index is 5.48. The van der Waals surface area contributed by atoms with Crippen LogP contribution in [0.3, 0.4) is 0 Å². The van der Waals surface area contributed by atoms with Crippen LogP contribution in [-0.4, -0.2) is 19.5 Å². The van der Waals surface area contributed by atoms with Gasteiger partial charge in [0.1, 0.15) is 0 Å². The molecular formula is C57H32N4S2. The fourth-order valence-electron chi connectivity index (χ4n) is 9.93. The molecule has 0 radical (unpaired) electrons. The maximum absolute atomic E-state index is 5.48. The average molecular weight is 837 g/mol. The molecule has 4 heterocycles. The minimum absolute atomic E-state index is 0.635. The molecule has 0 spiro atoms. The molecular weight excluding hydrogens is 805 g/mol. The number of thiophene rings is 2. The van der Waals surface area contributed by atoms with Crippen LogP contribution < -0.4 is 0 Å². The molecule has 0 unspecified atom stereocenters. The van der Waals surface area contributed by atoms with Crippen molar-refractivity contribution in [2.75, 3.05) is 0 Å². The van der Waals surface area contributed by atoms with Crippen molar-refractivity contribution in [3.8, 4) is 39.9 Å². The number of rotatable bonds is 4. The third kappa shape index (κ3) is 5.23. The first-order valence-electron chi connectivity index (χ1n) is 21.2. The van der Waals surface area contributed by atoms with Crippen molar-refractivity contribution < 1.29 is 0 Å². The smallest absolute Gasteiger partial charge is 0.165 e. The summed E-state index contributed by atoms with van der Waals surface area (Å²) in [5.74, 6) is 1.94. The van der Waals surface area contributed by atoms with Crippen LogP contribution in [0.25, 0.3) is 134 Å². The predicted octanol–water partition coefficient (Wildman–Crippen LogP) is 16.2. The Morgan fingerprint density at radius 3 is 1.68 bits per heavy atom. The summed E-state index contributed by atoms with van der Waals surface area (Å²) in [5, 5.41) is 14.5. The van der Waals surface area contributed by atoms with Crippen molar-refractivity contribution in [3.63, 3.8) is 0 Å². The number of hydrogen-bond donors (Lipinski definition) is 0. The van der Waals surface area contributed by atoms with E-state index in [1.165, 1.54) is 83.7 Å². The van der Waals surface area contributed by atoms with Gasteiger partial charge >= 0.3 is 0 Å². The van der Waals surface area contributed by atoms with Crippen LogP contribution in [0.2, 0.25) is 0 Å². The molecule has 0 saturated carbocycles. The summed E-state index contributed by atoms with van der Waals surface area (Å²) in [6, 6.07) is 70.2. The molecule has 0 amide bonds. The molecule has 0 saturated heterocycles. The normalized spacial score (nSPS) is 12.1. The van der Waals surface area contributed by atoms with Gasteiger partial charge in [-0.25, -0.2) is 15.0 Å². The Hall–Kier alpha value is -7.77. The average Bonchev–Trinajstić information content (AvgIpc) is 4.02. The van der Waals surface area contributed by atoms with E-state index in [0.717, 1.165) is 33.2 Å². The Kier molecular flexibility index (Phi) is 7.40. The first-order valence-corrected chi connectivity index (χ1v) is 22.8. The van der Waals surface area contributed by atoms with Crippen molar-refractivity contribution in [1.29, 1.82) is 0 Å². The highest BCUT2D eigenvalue weighted by Gasteiger charge is 2.23. The lowest BCUT2D eigenvalue weighted by molar-refractivity contribution is 1.08. The van der Waals surface area contributed by atoms with E-state index in [1.54, 1.807) is 11.3 Å². The molecule has 6 heteroatoms. The lowest BCUT2D eigenvalue weighted by Crippen LogP contribution is -2.02. The van der Waals surface area contributed by atoms with Crippen LogP contribution >= 0.6 is 22.7 Å². The second-order valence-electron chi connectivity index (χ2n) is 16.3. The highest BCUT2D eigenvalue weighted by Crippen LogP contribution is 2.46. The Balaban J connectivity index is 1.11. The van der Waals surface area contributed by atoms with Crippen molar-refractivity contribution in [1.82, 2.24) is 19.5 Å². The Morgan fingerprint density at radius 1 is 0.333 bits per heavy atom. The van der Waals surface area contributed by atoms with Gasteiger partial charge in [0.2, 0.25) is 0 Å². The number of hydrogen-bond acceptors (Lipinski definition) is 5. The van der Waals surface area contributed by atoms with Gasteiger partial charge in [-0.1, -0.05) is 146 Å². The van der Waals surface area contributed by atoms with Crippen molar-refractivity contribution in [2.45, 2.75) is 0 Å². The number of aromatic nitrogens is 4. The van der Waals surface area contributed by atoms with Crippen LogP contribution in [0.1, 0.15) is 0 Å². The molecule has 4 nitrogen and oxygen atoms in total. The SMILES string of the molecule is c1ccc2cc3c(cc2c1)c1c2ccccc2ccc1n3-c1cc(-c2nc(-c3cccc4ccccc34)nc(-c3cccc4c3sc3ccccc34)n2)cc2c1sc1ccccc12. The highest BCUT2D eigenvalue weighted by atomic mass is 32.1. The summed E-state index contributed by atoms with van der Waals surface area (Å²) in [4.78, 5) is 16.3. The van der Waals surface area contributed by atoms with Gasteiger partial charge in [-0.05, 0) is 80.8 Å². The minimum Gasteiger partial charge on any atom is -0.308 e.